The van der Waals surface area contributed by atoms with Crippen molar-refractivity contribution in [3.63, 3.8) is 0 Å². The number of alkyl halides is 3. The van der Waals surface area contributed by atoms with E-state index in [0.29, 0.717) is 5.56 Å². The molecule has 1 aromatic carbocycles. The molecule has 1 saturated heterocycles. The molecule has 0 bridgehead atoms. The molecule has 11 heteroatoms. The number of likely N-dealkylation sites (tertiary alicyclic amines) is 1. The largest absolute Gasteiger partial charge is 0.522 e. The van der Waals surface area contributed by atoms with Crippen LogP contribution in [0, 0.1) is 5.82 Å². The molecule has 0 radical (unpaired) electrons. The maximum Gasteiger partial charge on any atom is 0.522 e. The summed E-state index contributed by atoms with van der Waals surface area (Å²) in [5, 5.41) is 10.0. The van der Waals surface area contributed by atoms with Gasteiger partial charge in [0, 0.05) is 18.7 Å². The molecule has 0 atom stereocenters. The Morgan fingerprint density at radius 2 is 1.96 bits per heavy atom. The quantitative estimate of drug-likeness (QED) is 0.822. The van der Waals surface area contributed by atoms with Gasteiger partial charge < -0.3 is 14.6 Å². The number of hydrogen-bond acceptors (Lipinski definition) is 6. The molecule has 1 fully saturated rings. The minimum Gasteiger partial charge on any atom is -0.403 e. The second-order valence-corrected chi connectivity index (χ2v) is 5.26. The van der Waals surface area contributed by atoms with Crippen LogP contribution in [0.5, 0.6) is 0 Å². The molecule has 2 heterocycles. The molecule has 1 aromatic heterocycles. The van der Waals surface area contributed by atoms with Gasteiger partial charge in [-0.3, -0.25) is 9.53 Å². The SMILES string of the molecule is O=C(CNc1nnc(-c2ccc(F)cc2)o1)N1CC(OC(F)(F)F)C1. The van der Waals surface area contributed by atoms with E-state index in [2.05, 4.69) is 20.3 Å². The normalized spacial score (nSPS) is 15.1. The first-order valence-corrected chi connectivity index (χ1v) is 7.16. The highest BCUT2D eigenvalue weighted by Crippen LogP contribution is 2.24. The second kappa shape index (κ2) is 6.67. The Kier molecular flexibility index (Phi) is 4.57. The van der Waals surface area contributed by atoms with Crippen molar-refractivity contribution >= 4 is 11.9 Å². The molecule has 0 unspecified atom stereocenters. The molecule has 1 aliphatic heterocycles. The van der Waals surface area contributed by atoms with Crippen LogP contribution in [0.3, 0.4) is 0 Å². The molecule has 0 saturated carbocycles. The topological polar surface area (TPSA) is 80.5 Å². The zero-order chi connectivity index (χ0) is 18.0. The number of anilines is 1. The number of benzene rings is 1. The summed E-state index contributed by atoms with van der Waals surface area (Å²) < 4.78 is 57.9. The van der Waals surface area contributed by atoms with Gasteiger partial charge in [-0.2, -0.15) is 0 Å². The van der Waals surface area contributed by atoms with Crippen LogP contribution in [-0.2, 0) is 9.53 Å². The van der Waals surface area contributed by atoms with Crippen LogP contribution in [0.15, 0.2) is 28.7 Å². The number of carbonyl (C=O) groups excluding carboxylic acids is 1. The molecule has 1 aliphatic rings. The molecule has 7 nitrogen and oxygen atoms in total. The lowest BCUT2D eigenvalue weighted by Crippen LogP contribution is -2.57. The van der Waals surface area contributed by atoms with E-state index < -0.39 is 24.2 Å². The molecule has 1 N–H and O–H groups in total. The number of aromatic nitrogens is 2. The Morgan fingerprint density at radius 1 is 1.28 bits per heavy atom. The molecule has 2 aromatic rings. The molecule has 3 rings (SSSR count). The minimum atomic E-state index is -4.71. The molecule has 134 valence electrons. The molecule has 0 aliphatic carbocycles. The summed E-state index contributed by atoms with van der Waals surface area (Å²) in [6, 6.07) is 5.35. The highest BCUT2D eigenvalue weighted by molar-refractivity contribution is 5.81. The fraction of sp³-hybridized carbons (Fsp3) is 0.357. The van der Waals surface area contributed by atoms with E-state index >= 15 is 0 Å². The van der Waals surface area contributed by atoms with E-state index in [1.54, 1.807) is 0 Å². The number of carbonyl (C=O) groups is 1. The Hall–Kier alpha value is -2.69. The predicted molar refractivity (Wildman–Crippen MR) is 75.7 cm³/mol. The van der Waals surface area contributed by atoms with Crippen molar-refractivity contribution in [3.05, 3.63) is 30.1 Å². The van der Waals surface area contributed by atoms with E-state index in [-0.39, 0.29) is 31.5 Å². The summed E-state index contributed by atoms with van der Waals surface area (Å²) in [4.78, 5) is 13.0. The summed E-state index contributed by atoms with van der Waals surface area (Å²) in [5.74, 6) is -0.698. The third-order valence-corrected chi connectivity index (χ3v) is 3.41. The minimum absolute atomic E-state index is 0.0312. The van der Waals surface area contributed by atoms with Crippen molar-refractivity contribution in [1.29, 1.82) is 0 Å². The summed E-state index contributed by atoms with van der Waals surface area (Å²) >= 11 is 0. The highest BCUT2D eigenvalue weighted by Gasteiger charge is 2.40. The summed E-state index contributed by atoms with van der Waals surface area (Å²) in [6.07, 6.45) is -5.75. The van der Waals surface area contributed by atoms with Crippen molar-refractivity contribution in [2.75, 3.05) is 25.0 Å². The lowest BCUT2D eigenvalue weighted by molar-refractivity contribution is -0.353. The van der Waals surface area contributed by atoms with Gasteiger partial charge in [-0.1, -0.05) is 5.10 Å². The number of rotatable bonds is 5. The number of hydrogen-bond donors (Lipinski definition) is 1. The Morgan fingerprint density at radius 3 is 2.60 bits per heavy atom. The van der Waals surface area contributed by atoms with E-state index in [0.717, 1.165) is 0 Å². The predicted octanol–water partition coefficient (Wildman–Crippen LogP) is 2.03. The number of ether oxygens (including phenoxy) is 1. The summed E-state index contributed by atoms with van der Waals surface area (Å²) in [5.41, 5.74) is 0.503. The van der Waals surface area contributed by atoms with Crippen LogP contribution in [0.1, 0.15) is 0 Å². The van der Waals surface area contributed by atoms with E-state index in [1.807, 2.05) is 0 Å². The Bertz CT molecular complexity index is 741. The van der Waals surface area contributed by atoms with Gasteiger partial charge in [-0.15, -0.1) is 18.3 Å². The van der Waals surface area contributed by atoms with E-state index in [1.165, 1.54) is 29.2 Å². The Labute approximate surface area is 138 Å². The first-order valence-electron chi connectivity index (χ1n) is 7.16. The highest BCUT2D eigenvalue weighted by atomic mass is 19.4. The summed E-state index contributed by atoms with van der Waals surface area (Å²) in [7, 11) is 0. The average molecular weight is 360 g/mol. The van der Waals surface area contributed by atoms with Gasteiger partial charge in [0.25, 0.3) is 0 Å². The van der Waals surface area contributed by atoms with Gasteiger partial charge in [0.2, 0.25) is 11.8 Å². The molecule has 1 amide bonds. The smallest absolute Gasteiger partial charge is 0.403 e. The lowest BCUT2D eigenvalue weighted by atomic mass is 10.1. The third-order valence-electron chi connectivity index (χ3n) is 3.41. The van der Waals surface area contributed by atoms with Crippen molar-refractivity contribution in [2.24, 2.45) is 0 Å². The van der Waals surface area contributed by atoms with E-state index in [4.69, 9.17) is 4.42 Å². The molecule has 0 spiro atoms. The maximum atomic E-state index is 12.9. The standard InChI is InChI=1S/C14H12F4N4O3/c15-9-3-1-8(2-4-9)12-20-21-13(24-12)19-5-11(23)22-6-10(7-22)25-14(16,17)18/h1-4,10H,5-7H2,(H,19,21). The second-order valence-electron chi connectivity index (χ2n) is 5.26. The summed E-state index contributed by atoms with van der Waals surface area (Å²) in [6.45, 7) is -0.487. The number of halogens is 4. The molecular formula is C14H12F4N4O3. The van der Waals surface area contributed by atoms with Crippen LogP contribution in [0.2, 0.25) is 0 Å². The van der Waals surface area contributed by atoms with Crippen LogP contribution in [-0.4, -0.2) is 53.1 Å². The third kappa shape index (κ3) is 4.44. The van der Waals surface area contributed by atoms with Crippen molar-refractivity contribution in [3.8, 4) is 11.5 Å². The number of nitrogens with zero attached hydrogens (tertiary/aromatic N) is 3. The fourth-order valence-electron chi connectivity index (χ4n) is 2.17. The first-order chi connectivity index (χ1) is 11.8. The lowest BCUT2D eigenvalue weighted by Gasteiger charge is -2.38. The molecular weight excluding hydrogens is 348 g/mol. The van der Waals surface area contributed by atoms with Gasteiger partial charge >= 0.3 is 12.4 Å². The number of amides is 1. The fourth-order valence-corrected chi connectivity index (χ4v) is 2.17. The van der Waals surface area contributed by atoms with Crippen LogP contribution in [0.4, 0.5) is 23.6 Å². The monoisotopic (exact) mass is 360 g/mol. The first kappa shape index (κ1) is 17.1. The van der Waals surface area contributed by atoms with Crippen molar-refractivity contribution in [2.45, 2.75) is 12.5 Å². The van der Waals surface area contributed by atoms with Gasteiger partial charge in [-0.25, -0.2) is 4.39 Å². The zero-order valence-corrected chi connectivity index (χ0v) is 12.6. The van der Waals surface area contributed by atoms with Gasteiger partial charge in [0.1, 0.15) is 11.9 Å². The Balaban J connectivity index is 1.47. The van der Waals surface area contributed by atoms with Gasteiger partial charge in [-0.05, 0) is 24.3 Å². The van der Waals surface area contributed by atoms with Crippen LogP contribution in [0.25, 0.3) is 11.5 Å². The van der Waals surface area contributed by atoms with Crippen LogP contribution < -0.4 is 5.32 Å². The van der Waals surface area contributed by atoms with Gasteiger partial charge in [0.05, 0.1) is 6.54 Å². The van der Waals surface area contributed by atoms with Crippen molar-refractivity contribution in [1.82, 2.24) is 15.1 Å². The maximum absolute atomic E-state index is 12.9. The van der Waals surface area contributed by atoms with Crippen LogP contribution >= 0.6 is 0 Å². The molecule has 25 heavy (non-hydrogen) atoms. The van der Waals surface area contributed by atoms with Crippen molar-refractivity contribution < 1.29 is 31.5 Å². The average Bonchev–Trinajstić information content (AvgIpc) is 2.97. The zero-order valence-electron chi connectivity index (χ0n) is 12.6. The van der Waals surface area contributed by atoms with Gasteiger partial charge in [0.15, 0.2) is 0 Å². The van der Waals surface area contributed by atoms with E-state index in [9.17, 15) is 22.4 Å². The number of nitrogens with one attached hydrogen (secondary N) is 1.